The molecule has 0 radical (unpaired) electrons. The van der Waals surface area contributed by atoms with Gasteiger partial charge in [0.25, 0.3) is 5.91 Å². The highest BCUT2D eigenvalue weighted by molar-refractivity contribution is 6.12. The lowest BCUT2D eigenvalue weighted by atomic mass is 10.2. The third kappa shape index (κ3) is 1.63. The van der Waals surface area contributed by atoms with Crippen molar-refractivity contribution >= 4 is 17.3 Å². The van der Waals surface area contributed by atoms with Crippen LogP contribution >= 0.6 is 0 Å². The molecular formula is C10H10N2O3. The van der Waals surface area contributed by atoms with Crippen molar-refractivity contribution in [2.24, 2.45) is 5.10 Å². The lowest BCUT2D eigenvalue weighted by Gasteiger charge is -2.11. The van der Waals surface area contributed by atoms with Crippen LogP contribution in [0, 0.1) is 0 Å². The van der Waals surface area contributed by atoms with E-state index in [9.17, 15) is 9.90 Å². The molecule has 5 heteroatoms. The van der Waals surface area contributed by atoms with Gasteiger partial charge in [0.1, 0.15) is 0 Å². The molecule has 1 aromatic carbocycles. The van der Waals surface area contributed by atoms with Gasteiger partial charge in [-0.1, -0.05) is 0 Å². The molecule has 2 rings (SSSR count). The average molecular weight is 206 g/mol. The van der Waals surface area contributed by atoms with Crippen molar-refractivity contribution in [3.05, 3.63) is 18.2 Å². The molecule has 1 aromatic rings. The van der Waals surface area contributed by atoms with Gasteiger partial charge in [-0.2, -0.15) is 5.10 Å². The molecular weight excluding hydrogens is 196 g/mol. The molecule has 15 heavy (non-hydrogen) atoms. The van der Waals surface area contributed by atoms with Crippen molar-refractivity contribution in [3.63, 3.8) is 0 Å². The molecule has 1 aliphatic rings. The Kier molecular flexibility index (Phi) is 2.07. The van der Waals surface area contributed by atoms with Crippen molar-refractivity contribution in [2.75, 3.05) is 5.01 Å². The first kappa shape index (κ1) is 9.51. The maximum Gasteiger partial charge on any atom is 0.253 e. The first-order valence-corrected chi connectivity index (χ1v) is 4.47. The van der Waals surface area contributed by atoms with Crippen LogP contribution in [-0.2, 0) is 4.79 Å². The minimum Gasteiger partial charge on any atom is -0.504 e. The van der Waals surface area contributed by atoms with Crippen molar-refractivity contribution < 1.29 is 15.0 Å². The van der Waals surface area contributed by atoms with E-state index in [0.29, 0.717) is 12.1 Å². The number of benzene rings is 1. The number of phenols is 2. The molecule has 1 heterocycles. The second-order valence-corrected chi connectivity index (χ2v) is 3.39. The van der Waals surface area contributed by atoms with Gasteiger partial charge in [0.05, 0.1) is 12.1 Å². The molecule has 0 saturated carbocycles. The molecule has 0 aromatic heterocycles. The summed E-state index contributed by atoms with van der Waals surface area (Å²) in [5.41, 5.74) is 1.18. The van der Waals surface area contributed by atoms with E-state index in [-0.39, 0.29) is 17.4 Å². The lowest BCUT2D eigenvalue weighted by molar-refractivity contribution is -0.116. The van der Waals surface area contributed by atoms with Crippen LogP contribution < -0.4 is 5.01 Å². The average Bonchev–Trinajstić information content (AvgIpc) is 2.50. The van der Waals surface area contributed by atoms with E-state index in [1.807, 2.05) is 0 Å². The van der Waals surface area contributed by atoms with Crippen molar-refractivity contribution in [3.8, 4) is 11.5 Å². The Hall–Kier alpha value is -2.04. The number of amides is 1. The van der Waals surface area contributed by atoms with Gasteiger partial charge in [0, 0.05) is 11.8 Å². The van der Waals surface area contributed by atoms with Crippen LogP contribution in [0.5, 0.6) is 11.5 Å². The van der Waals surface area contributed by atoms with Gasteiger partial charge in [0.2, 0.25) is 0 Å². The number of nitrogens with zero attached hydrogens (tertiary/aromatic N) is 2. The van der Waals surface area contributed by atoms with Crippen LogP contribution in [0.4, 0.5) is 5.69 Å². The predicted molar refractivity (Wildman–Crippen MR) is 55.0 cm³/mol. The molecule has 0 atom stereocenters. The Labute approximate surface area is 86.3 Å². The van der Waals surface area contributed by atoms with E-state index >= 15 is 0 Å². The summed E-state index contributed by atoms with van der Waals surface area (Å²) in [6.07, 6.45) is 0.293. The normalized spacial score (nSPS) is 15.7. The number of hydrogen-bond acceptors (Lipinski definition) is 4. The Morgan fingerprint density at radius 1 is 1.33 bits per heavy atom. The molecule has 1 amide bonds. The van der Waals surface area contributed by atoms with Crippen LogP contribution in [0.3, 0.4) is 0 Å². The fraction of sp³-hybridized carbons (Fsp3) is 0.200. The summed E-state index contributed by atoms with van der Waals surface area (Å²) in [4.78, 5) is 11.4. The summed E-state index contributed by atoms with van der Waals surface area (Å²) < 4.78 is 0. The van der Waals surface area contributed by atoms with Gasteiger partial charge < -0.3 is 10.2 Å². The Balaban J connectivity index is 2.38. The molecule has 0 fully saturated rings. The number of hydrogen-bond donors (Lipinski definition) is 2. The van der Waals surface area contributed by atoms with Crippen molar-refractivity contribution in [1.82, 2.24) is 0 Å². The summed E-state index contributed by atoms with van der Waals surface area (Å²) >= 11 is 0. The highest BCUT2D eigenvalue weighted by Gasteiger charge is 2.23. The lowest BCUT2D eigenvalue weighted by Crippen LogP contribution is -2.19. The zero-order valence-corrected chi connectivity index (χ0v) is 8.14. The van der Waals surface area contributed by atoms with Gasteiger partial charge in [0.15, 0.2) is 11.5 Å². The maximum atomic E-state index is 11.4. The van der Waals surface area contributed by atoms with Crippen LogP contribution in [0.25, 0.3) is 0 Å². The van der Waals surface area contributed by atoms with Gasteiger partial charge in [-0.3, -0.25) is 4.79 Å². The quantitative estimate of drug-likeness (QED) is 0.678. The summed E-state index contributed by atoms with van der Waals surface area (Å²) in [5, 5.41) is 23.6. The SMILES string of the molecule is CC1=NN(c2ccc(O)c(O)c2)C(=O)C1. The number of hydrazone groups is 1. The van der Waals surface area contributed by atoms with E-state index in [1.165, 1.54) is 23.2 Å². The molecule has 0 unspecified atom stereocenters. The fourth-order valence-corrected chi connectivity index (χ4v) is 1.40. The van der Waals surface area contributed by atoms with E-state index in [0.717, 1.165) is 5.71 Å². The molecule has 2 N–H and O–H groups in total. The second-order valence-electron chi connectivity index (χ2n) is 3.39. The van der Waals surface area contributed by atoms with Gasteiger partial charge >= 0.3 is 0 Å². The maximum absolute atomic E-state index is 11.4. The second kappa shape index (κ2) is 3.27. The van der Waals surface area contributed by atoms with Crippen molar-refractivity contribution in [1.29, 1.82) is 0 Å². The fourth-order valence-electron chi connectivity index (χ4n) is 1.40. The summed E-state index contributed by atoms with van der Waals surface area (Å²) in [6, 6.07) is 4.14. The van der Waals surface area contributed by atoms with Crippen molar-refractivity contribution in [2.45, 2.75) is 13.3 Å². The molecule has 78 valence electrons. The number of rotatable bonds is 1. The Morgan fingerprint density at radius 2 is 2.07 bits per heavy atom. The molecule has 0 spiro atoms. The smallest absolute Gasteiger partial charge is 0.253 e. The highest BCUT2D eigenvalue weighted by Crippen LogP contribution is 2.30. The third-order valence-corrected chi connectivity index (χ3v) is 2.12. The summed E-state index contributed by atoms with van der Waals surface area (Å²) in [5.74, 6) is -0.622. The van der Waals surface area contributed by atoms with E-state index in [1.54, 1.807) is 6.92 Å². The van der Waals surface area contributed by atoms with Gasteiger partial charge in [-0.05, 0) is 19.1 Å². The summed E-state index contributed by atoms with van der Waals surface area (Å²) in [6.45, 7) is 1.76. The first-order chi connectivity index (χ1) is 7.08. The third-order valence-electron chi connectivity index (χ3n) is 2.12. The van der Waals surface area contributed by atoms with Gasteiger partial charge in [-0.25, -0.2) is 5.01 Å². The van der Waals surface area contributed by atoms with Crippen LogP contribution in [0.1, 0.15) is 13.3 Å². The standard InChI is InChI=1S/C10H10N2O3/c1-6-4-10(15)12(11-6)7-2-3-8(13)9(14)5-7/h2-3,5,13-14H,4H2,1H3. The molecule has 0 bridgehead atoms. The monoisotopic (exact) mass is 206 g/mol. The zero-order chi connectivity index (χ0) is 11.0. The largest absolute Gasteiger partial charge is 0.504 e. The Bertz CT molecular complexity index is 454. The number of aromatic hydroxyl groups is 2. The minimum atomic E-state index is -0.264. The van der Waals surface area contributed by atoms with Crippen LogP contribution in [-0.4, -0.2) is 21.8 Å². The number of anilines is 1. The first-order valence-electron chi connectivity index (χ1n) is 4.47. The topological polar surface area (TPSA) is 73.1 Å². The number of carbonyl (C=O) groups excluding carboxylic acids is 1. The van der Waals surface area contributed by atoms with E-state index < -0.39 is 0 Å². The van der Waals surface area contributed by atoms with Gasteiger partial charge in [-0.15, -0.1) is 0 Å². The predicted octanol–water partition coefficient (Wildman–Crippen LogP) is 1.21. The minimum absolute atomic E-state index is 0.141. The molecule has 0 aliphatic carbocycles. The molecule has 5 nitrogen and oxygen atoms in total. The molecule has 0 saturated heterocycles. The van der Waals surface area contributed by atoms with Crippen LogP contribution in [0.2, 0.25) is 0 Å². The number of phenolic OH excluding ortho intramolecular Hbond substituents is 2. The van der Waals surface area contributed by atoms with Crippen LogP contribution in [0.15, 0.2) is 23.3 Å². The number of carbonyl (C=O) groups is 1. The Morgan fingerprint density at radius 3 is 2.60 bits per heavy atom. The van der Waals surface area contributed by atoms with E-state index in [2.05, 4.69) is 5.10 Å². The highest BCUT2D eigenvalue weighted by atomic mass is 16.3. The van der Waals surface area contributed by atoms with E-state index in [4.69, 9.17) is 5.11 Å². The summed E-state index contributed by atoms with van der Waals surface area (Å²) in [7, 11) is 0. The molecule has 1 aliphatic heterocycles. The zero-order valence-electron chi connectivity index (χ0n) is 8.14.